The lowest BCUT2D eigenvalue weighted by Gasteiger charge is -2.13. The van der Waals surface area contributed by atoms with Crippen LogP contribution in [0.15, 0.2) is 36.4 Å². The fourth-order valence-electron chi connectivity index (χ4n) is 3.91. The van der Waals surface area contributed by atoms with Crippen molar-refractivity contribution in [3.05, 3.63) is 58.8 Å². The second-order valence-corrected chi connectivity index (χ2v) is 6.76. The first-order valence-electron chi connectivity index (χ1n) is 9.23. The van der Waals surface area contributed by atoms with Gasteiger partial charge in [0.1, 0.15) is 0 Å². The number of pyridine rings is 1. The average molecular weight is 391 g/mol. The molecule has 0 saturated carbocycles. The van der Waals surface area contributed by atoms with E-state index in [1.807, 2.05) is 42.5 Å². The smallest absolute Gasteiger partial charge is 0.336 e. The van der Waals surface area contributed by atoms with Crippen LogP contribution in [-0.2, 0) is 6.42 Å². The Morgan fingerprint density at radius 3 is 2.34 bits per heavy atom. The van der Waals surface area contributed by atoms with Gasteiger partial charge in [0.25, 0.3) is 0 Å². The van der Waals surface area contributed by atoms with E-state index in [9.17, 15) is 9.90 Å². The van der Waals surface area contributed by atoms with Gasteiger partial charge in [0.2, 0.25) is 5.75 Å². The predicted molar refractivity (Wildman–Crippen MR) is 111 cm³/mol. The molecular weight excluding hydrogens is 370 g/mol. The number of carbonyl (C=O) groups is 1. The molecule has 0 bridgehead atoms. The minimum Gasteiger partial charge on any atom is -0.493 e. The molecule has 0 spiro atoms. The molecule has 1 aliphatic carbocycles. The van der Waals surface area contributed by atoms with E-state index in [0.717, 1.165) is 28.8 Å². The SMILES string of the molecule is COc1cc(/C=C2\CCc3c2nc2ccccc2c3C(=O)O)cc(OC)c1OC. The van der Waals surface area contributed by atoms with E-state index < -0.39 is 5.97 Å². The summed E-state index contributed by atoms with van der Waals surface area (Å²) in [6.45, 7) is 0. The van der Waals surface area contributed by atoms with E-state index in [0.29, 0.717) is 40.1 Å². The number of hydrogen-bond acceptors (Lipinski definition) is 5. The topological polar surface area (TPSA) is 77.9 Å². The Kier molecular flexibility index (Phi) is 4.84. The van der Waals surface area contributed by atoms with Crippen molar-refractivity contribution in [3.8, 4) is 17.2 Å². The lowest BCUT2D eigenvalue weighted by molar-refractivity contribution is 0.0698. The third-order valence-electron chi connectivity index (χ3n) is 5.18. The maximum absolute atomic E-state index is 12.0. The molecule has 1 aliphatic rings. The highest BCUT2D eigenvalue weighted by Crippen LogP contribution is 2.41. The van der Waals surface area contributed by atoms with Gasteiger partial charge in [-0.25, -0.2) is 9.78 Å². The van der Waals surface area contributed by atoms with Gasteiger partial charge in [-0.15, -0.1) is 0 Å². The minimum absolute atomic E-state index is 0.346. The van der Waals surface area contributed by atoms with Gasteiger partial charge in [0.15, 0.2) is 11.5 Å². The van der Waals surface area contributed by atoms with Gasteiger partial charge in [-0.1, -0.05) is 18.2 Å². The van der Waals surface area contributed by atoms with Gasteiger partial charge in [0.05, 0.1) is 38.1 Å². The number of para-hydroxylation sites is 1. The molecule has 1 N–H and O–H groups in total. The monoisotopic (exact) mass is 391 g/mol. The molecule has 29 heavy (non-hydrogen) atoms. The zero-order chi connectivity index (χ0) is 20.5. The van der Waals surface area contributed by atoms with E-state index in [-0.39, 0.29) is 0 Å². The van der Waals surface area contributed by atoms with Gasteiger partial charge in [-0.2, -0.15) is 0 Å². The number of ether oxygens (including phenoxy) is 3. The summed E-state index contributed by atoms with van der Waals surface area (Å²) in [6.07, 6.45) is 3.37. The maximum atomic E-state index is 12.0. The van der Waals surface area contributed by atoms with E-state index in [4.69, 9.17) is 19.2 Å². The van der Waals surface area contributed by atoms with Crippen molar-refractivity contribution in [1.29, 1.82) is 0 Å². The Labute approximate surface area is 168 Å². The summed E-state index contributed by atoms with van der Waals surface area (Å²) in [5.74, 6) is 0.736. The van der Waals surface area contributed by atoms with Crippen LogP contribution in [0.4, 0.5) is 0 Å². The van der Waals surface area contributed by atoms with Crippen LogP contribution in [0.25, 0.3) is 22.6 Å². The van der Waals surface area contributed by atoms with Crippen molar-refractivity contribution < 1.29 is 24.1 Å². The Bertz CT molecular complexity index is 1120. The second-order valence-electron chi connectivity index (χ2n) is 6.76. The molecule has 0 fully saturated rings. The second kappa shape index (κ2) is 7.47. The summed E-state index contributed by atoms with van der Waals surface area (Å²) in [6, 6.07) is 11.1. The Morgan fingerprint density at radius 2 is 1.72 bits per heavy atom. The van der Waals surface area contributed by atoms with Crippen LogP contribution in [0.3, 0.4) is 0 Å². The Balaban J connectivity index is 1.89. The van der Waals surface area contributed by atoms with Crippen LogP contribution in [-0.4, -0.2) is 37.4 Å². The molecule has 0 amide bonds. The number of nitrogens with zero attached hydrogens (tertiary/aromatic N) is 1. The van der Waals surface area contributed by atoms with Crippen LogP contribution < -0.4 is 14.2 Å². The van der Waals surface area contributed by atoms with Crippen molar-refractivity contribution in [2.24, 2.45) is 0 Å². The van der Waals surface area contributed by atoms with Gasteiger partial charge >= 0.3 is 5.97 Å². The molecule has 0 unspecified atom stereocenters. The van der Waals surface area contributed by atoms with Crippen molar-refractivity contribution in [3.63, 3.8) is 0 Å². The maximum Gasteiger partial charge on any atom is 0.336 e. The number of hydrogen-bond donors (Lipinski definition) is 1. The van der Waals surface area contributed by atoms with Crippen LogP contribution >= 0.6 is 0 Å². The molecule has 2 aromatic carbocycles. The number of carboxylic acids is 1. The highest BCUT2D eigenvalue weighted by molar-refractivity contribution is 6.06. The molecule has 4 rings (SSSR count). The predicted octanol–water partition coefficient (Wildman–Crippen LogP) is 4.45. The molecule has 3 aromatic rings. The summed E-state index contributed by atoms with van der Waals surface area (Å²) in [5, 5.41) is 10.5. The fraction of sp³-hybridized carbons (Fsp3) is 0.217. The van der Waals surface area contributed by atoms with Gasteiger partial charge in [0, 0.05) is 5.39 Å². The number of allylic oxidation sites excluding steroid dienone is 1. The van der Waals surface area contributed by atoms with Gasteiger partial charge in [-0.05, 0) is 53.8 Å². The quantitative estimate of drug-likeness (QED) is 0.693. The van der Waals surface area contributed by atoms with E-state index >= 15 is 0 Å². The highest BCUT2D eigenvalue weighted by atomic mass is 16.5. The zero-order valence-electron chi connectivity index (χ0n) is 16.5. The number of aromatic nitrogens is 1. The normalized spacial score (nSPS) is 14.1. The first-order chi connectivity index (χ1) is 14.1. The standard InChI is InChI=1S/C23H21NO5/c1-27-18-11-13(12-19(28-2)22(18)29-3)10-14-8-9-16-20(23(25)26)15-6-4-5-7-17(15)24-21(14)16/h4-7,10-12H,8-9H2,1-3H3,(H,25,26)/b14-10+. The highest BCUT2D eigenvalue weighted by Gasteiger charge is 2.26. The van der Waals surface area contributed by atoms with Gasteiger partial charge in [-0.3, -0.25) is 0 Å². The molecule has 0 aliphatic heterocycles. The number of aromatic carboxylic acids is 1. The number of carboxylic acid groups (broad SMARTS) is 1. The van der Waals surface area contributed by atoms with Crippen LogP contribution in [0.5, 0.6) is 17.2 Å². The summed E-state index contributed by atoms with van der Waals surface area (Å²) in [5.41, 5.74) is 4.42. The third-order valence-corrected chi connectivity index (χ3v) is 5.18. The molecule has 0 saturated heterocycles. The van der Waals surface area contributed by atoms with E-state index in [2.05, 4.69) is 0 Å². The number of methoxy groups -OCH3 is 3. The first-order valence-corrected chi connectivity index (χ1v) is 9.23. The van der Waals surface area contributed by atoms with Crippen molar-refractivity contribution in [2.45, 2.75) is 12.8 Å². The van der Waals surface area contributed by atoms with E-state index in [1.165, 1.54) is 0 Å². The number of benzene rings is 2. The molecule has 6 heteroatoms. The third kappa shape index (κ3) is 3.16. The summed E-state index contributed by atoms with van der Waals surface area (Å²) in [7, 11) is 4.71. The van der Waals surface area contributed by atoms with Crippen molar-refractivity contribution in [2.75, 3.05) is 21.3 Å². The van der Waals surface area contributed by atoms with Crippen LogP contribution in [0, 0.1) is 0 Å². The molecular formula is C23H21NO5. The number of rotatable bonds is 5. The minimum atomic E-state index is -0.922. The molecule has 6 nitrogen and oxygen atoms in total. The Hall–Kier alpha value is -3.54. The number of fused-ring (bicyclic) bond motifs is 2. The Morgan fingerprint density at radius 1 is 1.03 bits per heavy atom. The molecule has 1 aromatic heterocycles. The summed E-state index contributed by atoms with van der Waals surface area (Å²) >= 11 is 0. The average Bonchev–Trinajstić information content (AvgIpc) is 3.12. The zero-order valence-corrected chi connectivity index (χ0v) is 16.5. The van der Waals surface area contributed by atoms with Crippen LogP contribution in [0.1, 0.15) is 33.6 Å². The lowest BCUT2D eigenvalue weighted by atomic mass is 10.0. The molecule has 0 radical (unpaired) electrons. The van der Waals surface area contributed by atoms with Gasteiger partial charge < -0.3 is 19.3 Å². The van der Waals surface area contributed by atoms with Crippen LogP contribution in [0.2, 0.25) is 0 Å². The fourth-order valence-corrected chi connectivity index (χ4v) is 3.91. The molecule has 148 valence electrons. The van der Waals surface area contributed by atoms with Crippen molar-refractivity contribution >= 4 is 28.5 Å². The summed E-state index contributed by atoms with van der Waals surface area (Å²) in [4.78, 5) is 16.8. The van der Waals surface area contributed by atoms with Crippen molar-refractivity contribution in [1.82, 2.24) is 4.98 Å². The van der Waals surface area contributed by atoms with E-state index in [1.54, 1.807) is 21.3 Å². The molecule has 1 heterocycles. The summed E-state index contributed by atoms with van der Waals surface area (Å²) < 4.78 is 16.2. The molecule has 0 atom stereocenters. The first kappa shape index (κ1) is 18.8. The lowest BCUT2D eigenvalue weighted by Crippen LogP contribution is -2.05. The largest absolute Gasteiger partial charge is 0.493 e.